The van der Waals surface area contributed by atoms with Crippen LogP contribution in [0.2, 0.25) is 0 Å². The maximum absolute atomic E-state index is 13.0. The number of anilines is 1. The summed E-state index contributed by atoms with van der Waals surface area (Å²) in [5.74, 6) is -0.0427. The van der Waals surface area contributed by atoms with Gasteiger partial charge in [-0.3, -0.25) is 14.2 Å². The molecular formula is C24H25N5O2S. The normalized spacial score (nSPS) is 11.3. The Morgan fingerprint density at radius 1 is 1.06 bits per heavy atom. The van der Waals surface area contributed by atoms with E-state index in [9.17, 15) is 9.59 Å². The molecule has 0 atom stereocenters. The number of hydrogen-bond acceptors (Lipinski definition) is 5. The summed E-state index contributed by atoms with van der Waals surface area (Å²) in [4.78, 5) is 30.4. The number of carbonyl (C=O) groups excluding carboxylic acids is 1. The van der Waals surface area contributed by atoms with E-state index in [1.165, 1.54) is 11.8 Å². The van der Waals surface area contributed by atoms with Gasteiger partial charge in [0.2, 0.25) is 5.91 Å². The third kappa shape index (κ3) is 4.18. The molecule has 0 bridgehead atoms. The van der Waals surface area contributed by atoms with Gasteiger partial charge in [0.15, 0.2) is 5.16 Å². The smallest absolute Gasteiger partial charge is 0.262 e. The molecule has 0 fully saturated rings. The van der Waals surface area contributed by atoms with Crippen LogP contribution in [-0.4, -0.2) is 31.0 Å². The molecule has 2 aromatic heterocycles. The van der Waals surface area contributed by atoms with Gasteiger partial charge in [0, 0.05) is 6.04 Å². The average Bonchev–Trinajstić information content (AvgIpc) is 3.06. The summed E-state index contributed by atoms with van der Waals surface area (Å²) in [6.45, 7) is 7.67. The zero-order valence-electron chi connectivity index (χ0n) is 18.5. The molecular weight excluding hydrogens is 422 g/mol. The fourth-order valence-electron chi connectivity index (χ4n) is 3.63. The first-order valence-corrected chi connectivity index (χ1v) is 11.4. The Morgan fingerprint density at radius 2 is 1.75 bits per heavy atom. The van der Waals surface area contributed by atoms with Crippen LogP contribution >= 0.6 is 11.8 Å². The van der Waals surface area contributed by atoms with Crippen LogP contribution in [0.4, 0.5) is 5.69 Å². The Kier molecular flexibility index (Phi) is 6.14. The Morgan fingerprint density at radius 3 is 2.47 bits per heavy atom. The SMILES string of the molecule is Cc1nn(-c2ccccc2)c(C)c1NC(=O)CSc1nc2ccccc2c(=O)n1C(C)C. The molecule has 0 saturated heterocycles. The third-order valence-electron chi connectivity index (χ3n) is 5.18. The lowest BCUT2D eigenvalue weighted by Gasteiger charge is -2.16. The minimum absolute atomic E-state index is 0.0706. The van der Waals surface area contributed by atoms with Crippen LogP contribution in [0, 0.1) is 13.8 Å². The van der Waals surface area contributed by atoms with E-state index < -0.39 is 0 Å². The van der Waals surface area contributed by atoms with E-state index in [0.717, 1.165) is 17.1 Å². The summed E-state index contributed by atoms with van der Waals surface area (Å²) < 4.78 is 3.46. The highest BCUT2D eigenvalue weighted by Gasteiger charge is 2.18. The highest BCUT2D eigenvalue weighted by Crippen LogP contribution is 2.24. The first-order valence-electron chi connectivity index (χ1n) is 10.4. The van der Waals surface area contributed by atoms with Crippen LogP contribution in [0.3, 0.4) is 0 Å². The highest BCUT2D eigenvalue weighted by molar-refractivity contribution is 7.99. The summed E-state index contributed by atoms with van der Waals surface area (Å²) in [5.41, 5.74) is 3.77. The van der Waals surface area contributed by atoms with Gasteiger partial charge in [0.05, 0.1) is 39.4 Å². The van der Waals surface area contributed by atoms with E-state index in [4.69, 9.17) is 0 Å². The molecule has 164 valence electrons. The molecule has 4 aromatic rings. The van der Waals surface area contributed by atoms with Crippen molar-refractivity contribution in [2.75, 3.05) is 11.1 Å². The van der Waals surface area contributed by atoms with E-state index in [0.29, 0.717) is 21.7 Å². The number of fused-ring (bicyclic) bond motifs is 1. The van der Waals surface area contributed by atoms with Crippen molar-refractivity contribution < 1.29 is 4.79 Å². The van der Waals surface area contributed by atoms with Crippen molar-refractivity contribution in [3.05, 3.63) is 76.3 Å². The van der Waals surface area contributed by atoms with Crippen LogP contribution in [-0.2, 0) is 4.79 Å². The van der Waals surface area contributed by atoms with E-state index in [2.05, 4.69) is 15.4 Å². The Hall–Kier alpha value is -3.39. The number of nitrogens with zero attached hydrogens (tertiary/aromatic N) is 4. The predicted molar refractivity (Wildman–Crippen MR) is 129 cm³/mol. The number of rotatable bonds is 6. The molecule has 2 aromatic carbocycles. The monoisotopic (exact) mass is 447 g/mol. The van der Waals surface area contributed by atoms with E-state index in [1.54, 1.807) is 10.6 Å². The molecule has 8 heteroatoms. The van der Waals surface area contributed by atoms with Gasteiger partial charge < -0.3 is 5.32 Å². The van der Waals surface area contributed by atoms with Gasteiger partial charge in [0.1, 0.15) is 0 Å². The second-order valence-electron chi connectivity index (χ2n) is 7.81. The number of nitrogens with one attached hydrogen (secondary N) is 1. The molecule has 0 radical (unpaired) electrons. The molecule has 0 aliphatic heterocycles. The fourth-order valence-corrected chi connectivity index (χ4v) is 4.56. The molecule has 0 aliphatic carbocycles. The van der Waals surface area contributed by atoms with Crippen LogP contribution in [0.1, 0.15) is 31.3 Å². The molecule has 4 rings (SSSR count). The number of aromatic nitrogens is 4. The van der Waals surface area contributed by atoms with Gasteiger partial charge in [-0.05, 0) is 52.0 Å². The van der Waals surface area contributed by atoms with Crippen molar-refractivity contribution in [3.8, 4) is 5.69 Å². The fraction of sp³-hybridized carbons (Fsp3) is 0.250. The molecule has 0 spiro atoms. The largest absolute Gasteiger partial charge is 0.322 e. The number of aryl methyl sites for hydroxylation is 1. The summed E-state index contributed by atoms with van der Waals surface area (Å²) in [7, 11) is 0. The number of para-hydroxylation sites is 2. The van der Waals surface area contributed by atoms with Crippen molar-refractivity contribution in [3.63, 3.8) is 0 Å². The highest BCUT2D eigenvalue weighted by atomic mass is 32.2. The molecule has 0 aliphatic rings. The first-order chi connectivity index (χ1) is 15.4. The number of benzene rings is 2. The summed E-state index contributed by atoms with van der Waals surface area (Å²) in [5, 5.41) is 8.67. The molecule has 0 saturated carbocycles. The van der Waals surface area contributed by atoms with Gasteiger partial charge in [0.25, 0.3) is 5.56 Å². The maximum atomic E-state index is 13.0. The number of carbonyl (C=O) groups is 1. The minimum Gasteiger partial charge on any atom is -0.322 e. The van der Waals surface area contributed by atoms with E-state index in [1.807, 2.05) is 80.9 Å². The minimum atomic E-state index is -0.175. The third-order valence-corrected chi connectivity index (χ3v) is 6.13. The quantitative estimate of drug-likeness (QED) is 0.347. The van der Waals surface area contributed by atoms with Crippen molar-refractivity contribution in [1.29, 1.82) is 0 Å². The topological polar surface area (TPSA) is 81.8 Å². The lowest BCUT2D eigenvalue weighted by Crippen LogP contribution is -2.25. The lowest BCUT2D eigenvalue weighted by molar-refractivity contribution is -0.113. The molecule has 2 heterocycles. The van der Waals surface area contributed by atoms with Gasteiger partial charge in [-0.25, -0.2) is 9.67 Å². The molecule has 32 heavy (non-hydrogen) atoms. The zero-order chi connectivity index (χ0) is 22.8. The molecule has 1 N–H and O–H groups in total. The lowest BCUT2D eigenvalue weighted by atomic mass is 10.2. The number of hydrogen-bond donors (Lipinski definition) is 1. The standard InChI is InChI=1S/C24H25N5O2S/c1-15(2)28-23(31)19-12-8-9-13-20(19)25-24(28)32-14-21(30)26-22-16(3)27-29(17(22)4)18-10-6-5-7-11-18/h5-13,15H,14H2,1-4H3,(H,26,30). The Bertz CT molecular complexity index is 1340. The molecule has 1 amide bonds. The van der Waals surface area contributed by atoms with Gasteiger partial charge in [-0.1, -0.05) is 42.1 Å². The number of thioether (sulfide) groups is 1. The summed E-state index contributed by atoms with van der Waals surface area (Å²) in [6.07, 6.45) is 0. The van der Waals surface area contributed by atoms with Crippen molar-refractivity contribution in [2.45, 2.75) is 38.9 Å². The van der Waals surface area contributed by atoms with Crippen LogP contribution in [0.25, 0.3) is 16.6 Å². The van der Waals surface area contributed by atoms with Crippen LogP contribution in [0.5, 0.6) is 0 Å². The molecule has 0 unspecified atom stereocenters. The van der Waals surface area contributed by atoms with Gasteiger partial charge in [-0.2, -0.15) is 5.10 Å². The first kappa shape index (κ1) is 21.8. The Labute approximate surface area is 190 Å². The number of amides is 1. The van der Waals surface area contributed by atoms with Crippen molar-refractivity contribution >= 4 is 34.3 Å². The van der Waals surface area contributed by atoms with Gasteiger partial charge >= 0.3 is 0 Å². The average molecular weight is 448 g/mol. The van der Waals surface area contributed by atoms with E-state index in [-0.39, 0.29) is 23.3 Å². The predicted octanol–water partition coefficient (Wildman–Crippen LogP) is 4.51. The van der Waals surface area contributed by atoms with E-state index >= 15 is 0 Å². The maximum Gasteiger partial charge on any atom is 0.262 e. The van der Waals surface area contributed by atoms with Crippen LogP contribution in [0.15, 0.2) is 64.5 Å². The zero-order valence-corrected chi connectivity index (χ0v) is 19.3. The van der Waals surface area contributed by atoms with Gasteiger partial charge in [-0.15, -0.1) is 0 Å². The second-order valence-corrected chi connectivity index (χ2v) is 8.75. The second kappa shape index (κ2) is 9.00. The Balaban J connectivity index is 1.56. The summed E-state index contributed by atoms with van der Waals surface area (Å²) >= 11 is 1.26. The van der Waals surface area contributed by atoms with Crippen LogP contribution < -0.4 is 10.9 Å². The summed E-state index contributed by atoms with van der Waals surface area (Å²) in [6, 6.07) is 17.0. The molecule has 7 nitrogen and oxygen atoms in total. The van der Waals surface area contributed by atoms with Crippen molar-refractivity contribution in [1.82, 2.24) is 19.3 Å². The van der Waals surface area contributed by atoms with Crippen molar-refractivity contribution in [2.24, 2.45) is 0 Å².